The van der Waals surface area contributed by atoms with Gasteiger partial charge in [-0.2, -0.15) is 4.39 Å². The molecule has 0 unspecified atom stereocenters. The number of carbonyl (C=O) groups is 1. The van der Waals surface area contributed by atoms with Crippen LogP contribution >= 0.6 is 0 Å². The number of hydrogen-bond acceptors (Lipinski definition) is 7. The van der Waals surface area contributed by atoms with Gasteiger partial charge >= 0.3 is 0 Å². The zero-order chi connectivity index (χ0) is 21.3. The average Bonchev–Trinajstić information content (AvgIpc) is 2.75. The molecular formula is C20H18F2N6O2. The van der Waals surface area contributed by atoms with Crippen molar-refractivity contribution in [3.63, 3.8) is 0 Å². The lowest BCUT2D eigenvalue weighted by Gasteiger charge is -2.36. The number of carbonyl (C=O) groups excluding carboxylic acids is 1. The molecule has 0 bridgehead atoms. The molecule has 30 heavy (non-hydrogen) atoms. The minimum absolute atomic E-state index is 0.201. The van der Waals surface area contributed by atoms with Crippen molar-refractivity contribution in [1.82, 2.24) is 19.9 Å². The molecule has 0 fully saturated rings. The fourth-order valence-corrected chi connectivity index (χ4v) is 3.41. The minimum atomic E-state index is -1.17. The number of hydrogen-bond donors (Lipinski definition) is 1. The maximum Gasteiger partial charge on any atom is 0.255 e. The van der Waals surface area contributed by atoms with Crippen molar-refractivity contribution in [2.45, 2.75) is 19.4 Å². The molecule has 3 aromatic rings. The summed E-state index contributed by atoms with van der Waals surface area (Å²) in [5.41, 5.74) is 7.16. The molecule has 0 aliphatic carbocycles. The largest absolute Gasteiger partial charge is 0.481 e. The predicted octanol–water partition coefficient (Wildman–Crippen LogP) is 2.20. The van der Waals surface area contributed by atoms with Crippen LogP contribution in [-0.4, -0.2) is 39.0 Å². The van der Waals surface area contributed by atoms with E-state index >= 15 is 0 Å². The molecule has 1 atom stereocenters. The highest BCUT2D eigenvalue weighted by Crippen LogP contribution is 2.36. The van der Waals surface area contributed by atoms with Crippen molar-refractivity contribution in [3.8, 4) is 17.4 Å². The van der Waals surface area contributed by atoms with Crippen molar-refractivity contribution in [1.29, 1.82) is 0 Å². The van der Waals surface area contributed by atoms with Crippen LogP contribution in [0.2, 0.25) is 0 Å². The van der Waals surface area contributed by atoms with E-state index in [9.17, 15) is 13.6 Å². The number of ether oxygens (including phenoxy) is 1. The Morgan fingerprint density at radius 3 is 2.73 bits per heavy atom. The quantitative estimate of drug-likeness (QED) is 0.685. The Morgan fingerprint density at radius 2 is 2.00 bits per heavy atom. The van der Waals surface area contributed by atoms with Crippen LogP contribution in [0.3, 0.4) is 0 Å². The van der Waals surface area contributed by atoms with Crippen LogP contribution in [0.25, 0.3) is 11.6 Å². The van der Waals surface area contributed by atoms with Gasteiger partial charge in [-0.05, 0) is 13.0 Å². The number of halogens is 2. The van der Waals surface area contributed by atoms with Crippen molar-refractivity contribution in [3.05, 3.63) is 59.7 Å². The third-order valence-corrected chi connectivity index (χ3v) is 4.85. The molecule has 0 spiro atoms. The molecule has 2 aromatic heterocycles. The van der Waals surface area contributed by atoms with Crippen LogP contribution in [0.15, 0.2) is 36.8 Å². The summed E-state index contributed by atoms with van der Waals surface area (Å²) >= 11 is 0. The molecule has 154 valence electrons. The van der Waals surface area contributed by atoms with Gasteiger partial charge < -0.3 is 15.4 Å². The molecule has 4 rings (SSSR count). The minimum Gasteiger partial charge on any atom is -0.481 e. The topological polar surface area (TPSA) is 107 Å². The predicted molar refractivity (Wildman–Crippen MR) is 104 cm³/mol. The van der Waals surface area contributed by atoms with Crippen molar-refractivity contribution >= 4 is 11.6 Å². The van der Waals surface area contributed by atoms with Crippen LogP contribution in [0, 0.1) is 11.6 Å². The molecular weight excluding hydrogens is 394 g/mol. The summed E-state index contributed by atoms with van der Waals surface area (Å²) in [7, 11) is 0. The molecule has 8 nitrogen and oxygen atoms in total. The second-order valence-electron chi connectivity index (χ2n) is 6.78. The van der Waals surface area contributed by atoms with Crippen LogP contribution < -0.4 is 15.4 Å². The molecule has 3 heterocycles. The number of aromatic nitrogens is 4. The zero-order valence-electron chi connectivity index (χ0n) is 16.0. The number of rotatable bonds is 5. The third-order valence-electron chi connectivity index (χ3n) is 4.85. The van der Waals surface area contributed by atoms with Gasteiger partial charge in [-0.25, -0.2) is 24.3 Å². The first-order chi connectivity index (χ1) is 14.4. The summed E-state index contributed by atoms with van der Waals surface area (Å²) < 4.78 is 33.2. The summed E-state index contributed by atoms with van der Waals surface area (Å²) in [4.78, 5) is 30.1. The smallest absolute Gasteiger partial charge is 0.255 e. The molecule has 1 aromatic carbocycles. The Bertz CT molecular complexity index is 1100. The van der Waals surface area contributed by atoms with E-state index in [4.69, 9.17) is 10.5 Å². The van der Waals surface area contributed by atoms with Gasteiger partial charge in [0.1, 0.15) is 0 Å². The van der Waals surface area contributed by atoms with Gasteiger partial charge in [0.05, 0.1) is 11.7 Å². The standard InChI is InChI=1S/C20H18F2N6O2/c1-11-13-9-26-20(19-24-4-2-5-25-19)27-15(13)3-6-28(11)12-7-14(21)18(22)16(8-12)30-10-17(23)29/h2,4-5,7-9,11H,3,6,10H2,1H3,(H2,23,29)/t11-/m1/s1. The number of anilines is 1. The summed E-state index contributed by atoms with van der Waals surface area (Å²) in [6, 6.07) is 3.97. The molecule has 1 amide bonds. The maximum atomic E-state index is 14.1. The second kappa shape index (κ2) is 7.97. The van der Waals surface area contributed by atoms with E-state index in [1.807, 2.05) is 11.8 Å². The number of amides is 1. The zero-order valence-corrected chi connectivity index (χ0v) is 16.0. The van der Waals surface area contributed by atoms with Gasteiger partial charge in [0.15, 0.2) is 29.8 Å². The summed E-state index contributed by atoms with van der Waals surface area (Å²) in [6.45, 7) is 1.89. The van der Waals surface area contributed by atoms with Crippen LogP contribution in [0.1, 0.15) is 24.2 Å². The first-order valence-electron chi connectivity index (χ1n) is 9.24. The first-order valence-corrected chi connectivity index (χ1v) is 9.24. The molecule has 0 saturated carbocycles. The Hall–Kier alpha value is -3.69. The molecule has 1 aliphatic heterocycles. The highest BCUT2D eigenvalue weighted by molar-refractivity contribution is 5.75. The maximum absolute atomic E-state index is 14.1. The van der Waals surface area contributed by atoms with E-state index in [-0.39, 0.29) is 11.8 Å². The van der Waals surface area contributed by atoms with Gasteiger partial charge in [0.25, 0.3) is 5.91 Å². The molecule has 0 saturated heterocycles. The van der Waals surface area contributed by atoms with Gasteiger partial charge in [-0.3, -0.25) is 4.79 Å². The number of nitrogens with zero attached hydrogens (tertiary/aromatic N) is 5. The first kappa shape index (κ1) is 19.6. The number of benzene rings is 1. The SMILES string of the molecule is C[C@@H]1c2cnc(-c3ncccn3)nc2CCN1c1cc(F)c(F)c(OCC(N)=O)c1. The van der Waals surface area contributed by atoms with E-state index < -0.39 is 24.1 Å². The molecule has 1 aliphatic rings. The van der Waals surface area contributed by atoms with Crippen LogP contribution in [-0.2, 0) is 11.2 Å². The number of primary amides is 1. The van der Waals surface area contributed by atoms with E-state index in [0.29, 0.717) is 30.3 Å². The molecule has 2 N–H and O–H groups in total. The summed E-state index contributed by atoms with van der Waals surface area (Å²) in [5, 5.41) is 0. The van der Waals surface area contributed by atoms with Gasteiger partial charge in [0, 0.05) is 54.9 Å². The van der Waals surface area contributed by atoms with Crippen molar-refractivity contribution < 1.29 is 18.3 Å². The van der Waals surface area contributed by atoms with E-state index in [1.165, 1.54) is 6.07 Å². The normalized spacial score (nSPS) is 15.6. The Kier molecular flexibility index (Phi) is 5.21. The second-order valence-corrected chi connectivity index (χ2v) is 6.78. The van der Waals surface area contributed by atoms with Crippen molar-refractivity contribution in [2.75, 3.05) is 18.1 Å². The summed E-state index contributed by atoms with van der Waals surface area (Å²) in [6.07, 6.45) is 5.51. The van der Waals surface area contributed by atoms with Crippen LogP contribution in [0.4, 0.5) is 14.5 Å². The van der Waals surface area contributed by atoms with E-state index in [0.717, 1.165) is 17.3 Å². The van der Waals surface area contributed by atoms with Gasteiger partial charge in [0.2, 0.25) is 5.82 Å². The average molecular weight is 412 g/mol. The third kappa shape index (κ3) is 3.76. The fraction of sp³-hybridized carbons (Fsp3) is 0.250. The Balaban J connectivity index is 1.63. The van der Waals surface area contributed by atoms with Gasteiger partial charge in [-0.15, -0.1) is 0 Å². The summed E-state index contributed by atoms with van der Waals surface area (Å²) in [5.74, 6) is -2.51. The lowest BCUT2D eigenvalue weighted by molar-refractivity contribution is -0.120. The fourth-order valence-electron chi connectivity index (χ4n) is 3.41. The van der Waals surface area contributed by atoms with Crippen LogP contribution in [0.5, 0.6) is 5.75 Å². The Labute approximate surface area is 170 Å². The van der Waals surface area contributed by atoms with E-state index in [1.54, 1.807) is 24.7 Å². The highest BCUT2D eigenvalue weighted by Gasteiger charge is 2.28. The lowest BCUT2D eigenvalue weighted by atomic mass is 9.98. The van der Waals surface area contributed by atoms with E-state index in [2.05, 4.69) is 19.9 Å². The molecule has 0 radical (unpaired) electrons. The monoisotopic (exact) mass is 412 g/mol. The highest BCUT2D eigenvalue weighted by atomic mass is 19.2. The van der Waals surface area contributed by atoms with Gasteiger partial charge in [-0.1, -0.05) is 0 Å². The number of fused-ring (bicyclic) bond motifs is 1. The number of nitrogens with two attached hydrogens (primary N) is 1. The lowest BCUT2D eigenvalue weighted by Crippen LogP contribution is -2.35. The Morgan fingerprint density at radius 1 is 1.23 bits per heavy atom. The van der Waals surface area contributed by atoms with Crippen molar-refractivity contribution in [2.24, 2.45) is 5.73 Å². The molecule has 10 heteroatoms.